The number of hydrogen-bond acceptors (Lipinski definition) is 5. The molecular weight excluding hydrogens is 370 g/mol. The SMILES string of the molecule is COc1ccccc1NC(=O)c1ccc(NC(C)c2ccccc2)c([N+](=O)[O-])c1. The number of nitro groups is 1. The van der Waals surface area contributed by atoms with Crippen molar-refractivity contribution in [2.45, 2.75) is 13.0 Å². The molecule has 3 aromatic carbocycles. The van der Waals surface area contributed by atoms with Crippen LogP contribution in [0.1, 0.15) is 28.9 Å². The molecule has 3 rings (SSSR count). The smallest absolute Gasteiger partial charge is 0.293 e. The first-order valence-electron chi connectivity index (χ1n) is 9.04. The molecule has 1 amide bonds. The number of ether oxygens (including phenoxy) is 1. The largest absolute Gasteiger partial charge is 0.495 e. The quantitative estimate of drug-likeness (QED) is 0.435. The summed E-state index contributed by atoms with van der Waals surface area (Å²) >= 11 is 0. The van der Waals surface area contributed by atoms with E-state index in [1.54, 1.807) is 36.4 Å². The molecule has 0 aliphatic carbocycles. The summed E-state index contributed by atoms with van der Waals surface area (Å²) in [6.45, 7) is 1.92. The molecule has 0 fully saturated rings. The predicted molar refractivity (Wildman–Crippen MR) is 113 cm³/mol. The van der Waals surface area contributed by atoms with Gasteiger partial charge in [0.05, 0.1) is 17.7 Å². The topological polar surface area (TPSA) is 93.5 Å². The van der Waals surface area contributed by atoms with Crippen molar-refractivity contribution in [2.24, 2.45) is 0 Å². The molecule has 0 spiro atoms. The number of methoxy groups -OCH3 is 1. The Morgan fingerprint density at radius 2 is 1.69 bits per heavy atom. The standard InChI is InChI=1S/C22H21N3O4/c1-15(16-8-4-3-5-9-16)23-18-13-12-17(14-20(18)25(27)28)22(26)24-19-10-6-7-11-21(19)29-2/h3-15,23H,1-2H3,(H,24,26). The maximum absolute atomic E-state index is 12.6. The zero-order valence-electron chi connectivity index (χ0n) is 16.1. The Morgan fingerprint density at radius 1 is 1.00 bits per heavy atom. The molecule has 0 bridgehead atoms. The lowest BCUT2D eigenvalue weighted by Crippen LogP contribution is -2.14. The molecule has 0 saturated heterocycles. The summed E-state index contributed by atoms with van der Waals surface area (Å²) in [5, 5.41) is 17.5. The maximum atomic E-state index is 12.6. The van der Waals surface area contributed by atoms with Crippen molar-refractivity contribution >= 4 is 23.0 Å². The van der Waals surface area contributed by atoms with Gasteiger partial charge in [0, 0.05) is 17.7 Å². The van der Waals surface area contributed by atoms with Crippen LogP contribution in [0.2, 0.25) is 0 Å². The Morgan fingerprint density at radius 3 is 2.38 bits per heavy atom. The summed E-state index contributed by atoms with van der Waals surface area (Å²) in [5.41, 5.74) is 1.85. The van der Waals surface area contributed by atoms with E-state index in [-0.39, 0.29) is 17.3 Å². The third-order valence-electron chi connectivity index (χ3n) is 4.48. The number of hydrogen-bond donors (Lipinski definition) is 2. The number of carbonyl (C=O) groups excluding carboxylic acids is 1. The van der Waals surface area contributed by atoms with E-state index in [0.717, 1.165) is 5.56 Å². The fourth-order valence-corrected chi connectivity index (χ4v) is 2.95. The summed E-state index contributed by atoms with van der Waals surface area (Å²) < 4.78 is 5.22. The molecule has 0 aromatic heterocycles. The molecule has 0 heterocycles. The van der Waals surface area contributed by atoms with Crippen LogP contribution in [0.25, 0.3) is 0 Å². The second-order valence-electron chi connectivity index (χ2n) is 6.42. The molecule has 29 heavy (non-hydrogen) atoms. The van der Waals surface area contributed by atoms with E-state index >= 15 is 0 Å². The van der Waals surface area contributed by atoms with Crippen LogP contribution >= 0.6 is 0 Å². The predicted octanol–water partition coefficient (Wildman–Crippen LogP) is 5.03. The van der Waals surface area contributed by atoms with Gasteiger partial charge in [-0.2, -0.15) is 0 Å². The van der Waals surface area contributed by atoms with Crippen LogP contribution in [-0.4, -0.2) is 17.9 Å². The van der Waals surface area contributed by atoms with Crippen LogP contribution in [-0.2, 0) is 0 Å². The molecule has 1 unspecified atom stereocenters. The number of carbonyl (C=O) groups is 1. The number of amides is 1. The maximum Gasteiger partial charge on any atom is 0.293 e. The molecule has 0 aliphatic rings. The lowest BCUT2D eigenvalue weighted by Gasteiger charge is -2.16. The van der Waals surface area contributed by atoms with Crippen LogP contribution in [0, 0.1) is 10.1 Å². The van der Waals surface area contributed by atoms with Crippen LogP contribution in [0.4, 0.5) is 17.1 Å². The van der Waals surface area contributed by atoms with Gasteiger partial charge in [-0.05, 0) is 36.8 Å². The Hall–Kier alpha value is -3.87. The van der Waals surface area contributed by atoms with Gasteiger partial charge in [-0.15, -0.1) is 0 Å². The Kier molecular flexibility index (Phi) is 6.09. The van der Waals surface area contributed by atoms with Crippen molar-refractivity contribution in [1.29, 1.82) is 0 Å². The van der Waals surface area contributed by atoms with Gasteiger partial charge in [0.15, 0.2) is 0 Å². The van der Waals surface area contributed by atoms with Crippen LogP contribution < -0.4 is 15.4 Å². The number of anilines is 2. The average Bonchev–Trinajstić information content (AvgIpc) is 2.74. The van der Waals surface area contributed by atoms with E-state index < -0.39 is 10.8 Å². The molecule has 0 saturated carbocycles. The first-order valence-corrected chi connectivity index (χ1v) is 9.04. The highest BCUT2D eigenvalue weighted by molar-refractivity contribution is 6.05. The minimum Gasteiger partial charge on any atom is -0.495 e. The lowest BCUT2D eigenvalue weighted by molar-refractivity contribution is -0.384. The Bertz CT molecular complexity index is 1020. The molecule has 0 aliphatic heterocycles. The highest BCUT2D eigenvalue weighted by Gasteiger charge is 2.20. The molecule has 148 valence electrons. The minimum atomic E-state index is -0.500. The van der Waals surface area contributed by atoms with Gasteiger partial charge < -0.3 is 15.4 Å². The monoisotopic (exact) mass is 391 g/mol. The summed E-state index contributed by atoms with van der Waals surface area (Å²) in [4.78, 5) is 23.7. The lowest BCUT2D eigenvalue weighted by atomic mass is 10.1. The zero-order chi connectivity index (χ0) is 20.8. The van der Waals surface area contributed by atoms with Crippen molar-refractivity contribution in [2.75, 3.05) is 17.7 Å². The fourth-order valence-electron chi connectivity index (χ4n) is 2.95. The zero-order valence-corrected chi connectivity index (χ0v) is 16.1. The first kappa shape index (κ1) is 19.9. The minimum absolute atomic E-state index is 0.136. The Labute approximate surface area is 168 Å². The molecule has 3 aromatic rings. The van der Waals surface area contributed by atoms with Crippen molar-refractivity contribution < 1.29 is 14.5 Å². The summed E-state index contributed by atoms with van der Waals surface area (Å²) in [6.07, 6.45) is 0. The van der Waals surface area contributed by atoms with E-state index in [4.69, 9.17) is 4.74 Å². The van der Waals surface area contributed by atoms with Crippen LogP contribution in [0.3, 0.4) is 0 Å². The highest BCUT2D eigenvalue weighted by atomic mass is 16.6. The normalized spacial score (nSPS) is 11.4. The summed E-state index contributed by atoms with van der Waals surface area (Å²) in [7, 11) is 1.50. The third kappa shape index (κ3) is 4.70. The summed E-state index contributed by atoms with van der Waals surface area (Å²) in [6, 6.07) is 20.8. The number of benzene rings is 3. The average molecular weight is 391 g/mol. The summed E-state index contributed by atoms with van der Waals surface area (Å²) in [5.74, 6) is 0.0468. The molecule has 2 N–H and O–H groups in total. The van der Waals surface area contributed by atoms with Gasteiger partial charge in [-0.3, -0.25) is 14.9 Å². The van der Waals surface area contributed by atoms with E-state index in [0.29, 0.717) is 17.1 Å². The number of rotatable bonds is 7. The van der Waals surface area contributed by atoms with Crippen molar-refractivity contribution in [3.05, 3.63) is 94.0 Å². The van der Waals surface area contributed by atoms with Crippen LogP contribution in [0.5, 0.6) is 5.75 Å². The number of nitrogens with one attached hydrogen (secondary N) is 2. The number of para-hydroxylation sites is 2. The Balaban J connectivity index is 1.84. The first-order chi connectivity index (χ1) is 14.0. The number of nitro benzene ring substituents is 1. The molecule has 1 atom stereocenters. The molecule has 7 heteroatoms. The van der Waals surface area contributed by atoms with Crippen molar-refractivity contribution in [3.63, 3.8) is 0 Å². The van der Waals surface area contributed by atoms with Gasteiger partial charge in [-0.25, -0.2) is 0 Å². The van der Waals surface area contributed by atoms with E-state index in [1.165, 1.54) is 13.2 Å². The van der Waals surface area contributed by atoms with Gasteiger partial charge in [0.1, 0.15) is 11.4 Å². The molecule has 0 radical (unpaired) electrons. The van der Waals surface area contributed by atoms with Crippen molar-refractivity contribution in [3.8, 4) is 5.75 Å². The second-order valence-corrected chi connectivity index (χ2v) is 6.42. The van der Waals surface area contributed by atoms with Gasteiger partial charge >= 0.3 is 0 Å². The number of nitrogens with zero attached hydrogens (tertiary/aromatic N) is 1. The van der Waals surface area contributed by atoms with Crippen LogP contribution in [0.15, 0.2) is 72.8 Å². The van der Waals surface area contributed by atoms with Gasteiger partial charge in [-0.1, -0.05) is 42.5 Å². The van der Waals surface area contributed by atoms with Gasteiger partial charge in [0.25, 0.3) is 11.6 Å². The van der Waals surface area contributed by atoms with E-state index in [1.807, 2.05) is 37.3 Å². The third-order valence-corrected chi connectivity index (χ3v) is 4.48. The second kappa shape index (κ2) is 8.88. The van der Waals surface area contributed by atoms with E-state index in [9.17, 15) is 14.9 Å². The fraction of sp³-hybridized carbons (Fsp3) is 0.136. The highest BCUT2D eigenvalue weighted by Crippen LogP contribution is 2.30. The van der Waals surface area contributed by atoms with E-state index in [2.05, 4.69) is 10.6 Å². The molecule has 7 nitrogen and oxygen atoms in total. The molecular formula is C22H21N3O4. The van der Waals surface area contributed by atoms with Gasteiger partial charge in [0.2, 0.25) is 0 Å². The van der Waals surface area contributed by atoms with Crippen molar-refractivity contribution in [1.82, 2.24) is 0 Å².